The first-order valence-corrected chi connectivity index (χ1v) is 9.10. The van der Waals surface area contributed by atoms with Gasteiger partial charge in [0.25, 0.3) is 5.91 Å². The van der Waals surface area contributed by atoms with Crippen LogP contribution in [-0.4, -0.2) is 48.3 Å². The summed E-state index contributed by atoms with van der Waals surface area (Å²) in [7, 11) is 0. The van der Waals surface area contributed by atoms with E-state index in [1.54, 1.807) is 12.1 Å². The van der Waals surface area contributed by atoms with Crippen LogP contribution in [-0.2, 0) is 16.9 Å². The Morgan fingerprint density at radius 2 is 1.88 bits per heavy atom. The molecular weight excluding hydrogens is 328 g/mol. The zero-order chi connectivity index (χ0) is 18.0. The average molecular weight is 352 g/mol. The number of nitrogens with one attached hydrogen (secondary N) is 1. The third kappa shape index (κ3) is 3.65. The van der Waals surface area contributed by atoms with Crippen molar-refractivity contribution in [3.63, 3.8) is 0 Å². The first-order chi connectivity index (χ1) is 12.6. The van der Waals surface area contributed by atoms with Crippen molar-refractivity contribution < 1.29 is 14.6 Å². The molecule has 5 nitrogen and oxygen atoms in total. The lowest BCUT2D eigenvalue weighted by molar-refractivity contribution is -0.184. The number of carbonyl (C=O) groups excluding carboxylic acids is 1. The fourth-order valence-corrected chi connectivity index (χ4v) is 3.60. The normalized spacial score (nSPS) is 22.0. The van der Waals surface area contributed by atoms with Crippen LogP contribution < -0.4 is 5.32 Å². The van der Waals surface area contributed by atoms with Crippen molar-refractivity contribution in [3.8, 4) is 0 Å². The molecule has 2 saturated heterocycles. The Labute approximate surface area is 153 Å². The molecule has 26 heavy (non-hydrogen) atoms. The molecule has 136 valence electrons. The Morgan fingerprint density at radius 1 is 1.15 bits per heavy atom. The maximum absolute atomic E-state index is 12.5. The monoisotopic (exact) mass is 352 g/mol. The summed E-state index contributed by atoms with van der Waals surface area (Å²) in [5, 5.41) is 13.4. The van der Waals surface area contributed by atoms with Gasteiger partial charge in [0.2, 0.25) is 0 Å². The van der Waals surface area contributed by atoms with Crippen LogP contribution in [0.1, 0.15) is 27.9 Å². The van der Waals surface area contributed by atoms with Gasteiger partial charge in [0.15, 0.2) is 0 Å². The molecule has 0 spiro atoms. The number of rotatable bonds is 5. The van der Waals surface area contributed by atoms with Crippen molar-refractivity contribution in [3.05, 3.63) is 71.3 Å². The molecule has 0 saturated carbocycles. The van der Waals surface area contributed by atoms with E-state index in [0.717, 1.165) is 31.6 Å². The summed E-state index contributed by atoms with van der Waals surface area (Å²) in [5.74, 6) is -0.0556. The molecule has 0 bridgehead atoms. The van der Waals surface area contributed by atoms with E-state index in [1.165, 1.54) is 5.56 Å². The summed E-state index contributed by atoms with van der Waals surface area (Å²) in [6.45, 7) is 3.42. The highest BCUT2D eigenvalue weighted by Crippen LogP contribution is 2.29. The molecule has 4 rings (SSSR count). The van der Waals surface area contributed by atoms with E-state index in [4.69, 9.17) is 4.74 Å². The molecule has 0 radical (unpaired) electrons. The predicted octanol–water partition coefficient (Wildman–Crippen LogP) is 1.91. The lowest BCUT2D eigenvalue weighted by Crippen LogP contribution is -2.46. The van der Waals surface area contributed by atoms with Crippen LogP contribution in [0.2, 0.25) is 0 Å². The van der Waals surface area contributed by atoms with E-state index >= 15 is 0 Å². The fraction of sp³-hybridized carbons (Fsp3) is 0.381. The molecule has 0 aliphatic carbocycles. The molecule has 2 aliphatic rings. The van der Waals surface area contributed by atoms with Gasteiger partial charge in [-0.25, -0.2) is 0 Å². The number of aliphatic hydroxyl groups is 1. The summed E-state index contributed by atoms with van der Waals surface area (Å²) in [4.78, 5) is 14.9. The lowest BCUT2D eigenvalue weighted by Gasteiger charge is -2.36. The summed E-state index contributed by atoms with van der Waals surface area (Å²) < 4.78 is 5.08. The van der Waals surface area contributed by atoms with Crippen molar-refractivity contribution >= 4 is 5.91 Å². The molecule has 2 N–H and O–H groups in total. The van der Waals surface area contributed by atoms with E-state index in [0.29, 0.717) is 18.8 Å². The van der Waals surface area contributed by atoms with Crippen LogP contribution in [0.25, 0.3) is 0 Å². The summed E-state index contributed by atoms with van der Waals surface area (Å²) in [6.07, 6.45) is 0.966. The predicted molar refractivity (Wildman–Crippen MR) is 98.7 cm³/mol. The van der Waals surface area contributed by atoms with Crippen LogP contribution >= 0.6 is 0 Å². The number of hydrogen-bond acceptors (Lipinski definition) is 4. The fourth-order valence-electron chi connectivity index (χ4n) is 3.60. The van der Waals surface area contributed by atoms with Crippen molar-refractivity contribution in [2.45, 2.75) is 24.6 Å². The second-order valence-electron chi connectivity index (χ2n) is 7.28. The summed E-state index contributed by atoms with van der Waals surface area (Å²) in [5.41, 5.74) is 1.83. The SMILES string of the molecule is O=C(NC1CCN(Cc2ccccc2)C1)c1ccc(C2(O)COC2)cc1. The molecule has 2 aliphatic heterocycles. The van der Waals surface area contributed by atoms with Gasteiger partial charge in [0, 0.05) is 31.2 Å². The second-order valence-corrected chi connectivity index (χ2v) is 7.28. The summed E-state index contributed by atoms with van der Waals surface area (Å²) >= 11 is 0. The van der Waals surface area contributed by atoms with Crippen LogP contribution in [0.15, 0.2) is 54.6 Å². The van der Waals surface area contributed by atoms with E-state index in [2.05, 4.69) is 34.5 Å². The van der Waals surface area contributed by atoms with Crippen molar-refractivity contribution in [2.75, 3.05) is 26.3 Å². The molecule has 2 fully saturated rings. The first kappa shape index (κ1) is 17.2. The molecule has 2 aromatic carbocycles. The smallest absolute Gasteiger partial charge is 0.251 e. The van der Waals surface area contributed by atoms with Crippen LogP contribution in [0, 0.1) is 0 Å². The zero-order valence-corrected chi connectivity index (χ0v) is 14.7. The first-order valence-electron chi connectivity index (χ1n) is 9.10. The van der Waals surface area contributed by atoms with E-state index < -0.39 is 5.60 Å². The van der Waals surface area contributed by atoms with Crippen molar-refractivity contribution in [1.82, 2.24) is 10.2 Å². The van der Waals surface area contributed by atoms with Crippen molar-refractivity contribution in [1.29, 1.82) is 0 Å². The van der Waals surface area contributed by atoms with Gasteiger partial charge >= 0.3 is 0 Å². The number of benzene rings is 2. The highest BCUT2D eigenvalue weighted by Gasteiger charge is 2.37. The van der Waals surface area contributed by atoms with Gasteiger partial charge in [0.05, 0.1) is 13.2 Å². The van der Waals surface area contributed by atoms with Crippen molar-refractivity contribution in [2.24, 2.45) is 0 Å². The van der Waals surface area contributed by atoms with E-state index in [-0.39, 0.29) is 11.9 Å². The van der Waals surface area contributed by atoms with E-state index in [9.17, 15) is 9.90 Å². The minimum Gasteiger partial charge on any atom is -0.380 e. The van der Waals surface area contributed by atoms with Gasteiger partial charge in [-0.1, -0.05) is 42.5 Å². The Morgan fingerprint density at radius 3 is 2.54 bits per heavy atom. The minimum absolute atomic E-state index is 0.0556. The van der Waals surface area contributed by atoms with Gasteiger partial charge in [-0.2, -0.15) is 0 Å². The number of carbonyl (C=O) groups is 1. The number of hydrogen-bond donors (Lipinski definition) is 2. The highest BCUT2D eigenvalue weighted by atomic mass is 16.5. The van der Waals surface area contributed by atoms with Gasteiger partial charge in [-0.3, -0.25) is 9.69 Å². The quantitative estimate of drug-likeness (QED) is 0.863. The lowest BCUT2D eigenvalue weighted by atomic mass is 9.91. The molecule has 0 aromatic heterocycles. The number of nitrogens with zero attached hydrogens (tertiary/aromatic N) is 1. The molecule has 1 unspecified atom stereocenters. The molecule has 1 amide bonds. The Hall–Kier alpha value is -2.21. The third-order valence-electron chi connectivity index (χ3n) is 5.22. The molecule has 2 aromatic rings. The minimum atomic E-state index is -0.890. The van der Waals surface area contributed by atoms with Gasteiger partial charge < -0.3 is 15.2 Å². The number of ether oxygens (including phenoxy) is 1. The summed E-state index contributed by atoms with van der Waals surface area (Å²) in [6, 6.07) is 17.8. The third-order valence-corrected chi connectivity index (χ3v) is 5.22. The Balaban J connectivity index is 1.31. The average Bonchev–Trinajstić information content (AvgIpc) is 3.07. The van der Waals surface area contributed by atoms with Gasteiger partial charge in [-0.05, 0) is 29.7 Å². The Bertz CT molecular complexity index is 757. The largest absolute Gasteiger partial charge is 0.380 e. The topological polar surface area (TPSA) is 61.8 Å². The Kier molecular flexibility index (Phi) is 4.76. The highest BCUT2D eigenvalue weighted by molar-refractivity contribution is 5.94. The van der Waals surface area contributed by atoms with Gasteiger partial charge in [0.1, 0.15) is 5.60 Å². The maximum atomic E-state index is 12.5. The number of likely N-dealkylation sites (tertiary alicyclic amines) is 1. The van der Waals surface area contributed by atoms with Crippen LogP contribution in [0.3, 0.4) is 0 Å². The van der Waals surface area contributed by atoms with Crippen LogP contribution in [0.4, 0.5) is 0 Å². The molecule has 2 heterocycles. The zero-order valence-electron chi connectivity index (χ0n) is 14.7. The molecular formula is C21H24N2O3. The maximum Gasteiger partial charge on any atom is 0.251 e. The van der Waals surface area contributed by atoms with Gasteiger partial charge in [-0.15, -0.1) is 0 Å². The standard InChI is InChI=1S/C21H24N2O3/c24-20(17-6-8-18(9-7-17)21(25)14-26-15-21)22-19-10-11-23(13-19)12-16-4-2-1-3-5-16/h1-9,19,25H,10-15H2,(H,22,24). The van der Waals surface area contributed by atoms with E-state index in [1.807, 2.05) is 18.2 Å². The van der Waals surface area contributed by atoms with Crippen LogP contribution in [0.5, 0.6) is 0 Å². The molecule has 1 atom stereocenters. The molecule has 5 heteroatoms. The number of amides is 1. The second kappa shape index (κ2) is 7.19.